The molecule has 25 heavy (non-hydrogen) atoms. The van der Waals surface area contributed by atoms with Gasteiger partial charge in [-0.3, -0.25) is 0 Å². The van der Waals surface area contributed by atoms with Gasteiger partial charge in [0.2, 0.25) is 11.1 Å². The van der Waals surface area contributed by atoms with Crippen molar-refractivity contribution in [3.8, 4) is 0 Å². The van der Waals surface area contributed by atoms with E-state index in [9.17, 15) is 12.8 Å². The predicted octanol–water partition coefficient (Wildman–Crippen LogP) is 3.35. The molecule has 0 spiro atoms. The molecule has 0 amide bonds. The largest absolute Gasteiger partial charge is 0.264 e. The van der Waals surface area contributed by atoms with Crippen LogP contribution in [-0.2, 0) is 15.8 Å². The fraction of sp³-hybridized carbons (Fsp3) is 0.125. The molecule has 0 bridgehead atoms. The number of aromatic amines is 1. The number of nitrogens with one attached hydrogen (secondary N) is 2. The number of aromatic nitrogens is 3. The van der Waals surface area contributed by atoms with Crippen molar-refractivity contribution in [2.45, 2.75) is 22.7 Å². The van der Waals surface area contributed by atoms with Crippen LogP contribution in [0.15, 0.2) is 58.6 Å². The molecular formula is C16H15FN4O2S2. The first-order chi connectivity index (χ1) is 11.9. The Morgan fingerprint density at radius 3 is 2.72 bits per heavy atom. The van der Waals surface area contributed by atoms with Gasteiger partial charge in [0.05, 0.1) is 4.90 Å². The Bertz CT molecular complexity index is 975. The van der Waals surface area contributed by atoms with E-state index in [2.05, 4.69) is 19.9 Å². The van der Waals surface area contributed by atoms with E-state index in [-0.39, 0.29) is 10.8 Å². The topological polar surface area (TPSA) is 87.7 Å². The highest BCUT2D eigenvalue weighted by molar-refractivity contribution is 7.98. The zero-order valence-electron chi connectivity index (χ0n) is 13.2. The van der Waals surface area contributed by atoms with Gasteiger partial charge in [-0.05, 0) is 30.2 Å². The van der Waals surface area contributed by atoms with Gasteiger partial charge in [-0.15, -0.1) is 5.10 Å². The van der Waals surface area contributed by atoms with Crippen LogP contribution >= 0.6 is 11.8 Å². The maximum absolute atomic E-state index is 13.4. The smallest absolute Gasteiger partial charge is 0.248 e. The minimum Gasteiger partial charge on any atom is -0.248 e. The number of thioether (sulfide) groups is 1. The molecule has 0 aliphatic rings. The third-order valence-corrected chi connectivity index (χ3v) is 5.75. The second-order valence-electron chi connectivity index (χ2n) is 5.26. The molecule has 3 aromatic rings. The molecule has 2 aromatic carbocycles. The van der Waals surface area contributed by atoms with Crippen LogP contribution in [0.25, 0.3) is 0 Å². The molecular weight excluding hydrogens is 363 g/mol. The summed E-state index contributed by atoms with van der Waals surface area (Å²) < 4.78 is 40.4. The van der Waals surface area contributed by atoms with E-state index in [1.807, 2.05) is 30.3 Å². The molecule has 0 atom stereocenters. The van der Waals surface area contributed by atoms with Crippen molar-refractivity contribution in [3.05, 3.63) is 65.5 Å². The first-order valence-electron chi connectivity index (χ1n) is 7.32. The van der Waals surface area contributed by atoms with E-state index in [4.69, 9.17) is 0 Å². The van der Waals surface area contributed by atoms with Crippen molar-refractivity contribution in [2.24, 2.45) is 0 Å². The van der Waals surface area contributed by atoms with Gasteiger partial charge in [0.1, 0.15) is 5.82 Å². The first-order valence-corrected chi connectivity index (χ1v) is 9.79. The van der Waals surface area contributed by atoms with Crippen molar-refractivity contribution >= 4 is 27.7 Å². The summed E-state index contributed by atoms with van der Waals surface area (Å²) in [5.41, 5.74) is 1.54. The highest BCUT2D eigenvalue weighted by Crippen LogP contribution is 2.22. The molecule has 130 valence electrons. The van der Waals surface area contributed by atoms with Gasteiger partial charge < -0.3 is 0 Å². The van der Waals surface area contributed by atoms with E-state index in [1.165, 1.54) is 23.9 Å². The molecule has 0 saturated carbocycles. The van der Waals surface area contributed by atoms with Crippen LogP contribution in [-0.4, -0.2) is 23.6 Å². The molecule has 0 saturated heterocycles. The standard InChI is InChI=1S/C16H15FN4O2S2/c1-11-7-8-13(17)9-14(11)25(22,23)21-15-18-16(20-19-15)24-10-12-5-3-2-4-6-12/h2-9H,10H2,1H3,(H2,18,19,20,21). The van der Waals surface area contributed by atoms with Crippen molar-refractivity contribution < 1.29 is 12.8 Å². The first kappa shape index (κ1) is 17.4. The second kappa shape index (κ2) is 7.24. The molecule has 3 rings (SSSR count). The molecule has 6 nitrogen and oxygen atoms in total. The van der Waals surface area contributed by atoms with Crippen molar-refractivity contribution in [2.75, 3.05) is 4.72 Å². The van der Waals surface area contributed by atoms with Gasteiger partial charge in [0.25, 0.3) is 10.0 Å². The maximum Gasteiger partial charge on any atom is 0.264 e. The van der Waals surface area contributed by atoms with Crippen molar-refractivity contribution in [3.63, 3.8) is 0 Å². The summed E-state index contributed by atoms with van der Waals surface area (Å²) >= 11 is 1.37. The molecule has 1 heterocycles. The van der Waals surface area contributed by atoms with Gasteiger partial charge in [-0.2, -0.15) is 4.98 Å². The summed E-state index contributed by atoms with van der Waals surface area (Å²) in [6.07, 6.45) is 0. The fourth-order valence-corrected chi connectivity index (χ4v) is 4.09. The molecule has 9 heteroatoms. The third kappa shape index (κ3) is 4.37. The highest BCUT2D eigenvalue weighted by atomic mass is 32.2. The van der Waals surface area contributed by atoms with E-state index in [0.29, 0.717) is 16.5 Å². The molecule has 0 fully saturated rings. The van der Waals surface area contributed by atoms with Crippen molar-refractivity contribution in [1.82, 2.24) is 15.2 Å². The molecule has 0 radical (unpaired) electrons. The van der Waals surface area contributed by atoms with E-state index < -0.39 is 15.8 Å². The summed E-state index contributed by atoms with van der Waals surface area (Å²) in [6.45, 7) is 1.59. The van der Waals surface area contributed by atoms with Crippen molar-refractivity contribution in [1.29, 1.82) is 0 Å². The Morgan fingerprint density at radius 1 is 1.20 bits per heavy atom. The van der Waals surface area contributed by atoms with Crippen LogP contribution in [0.1, 0.15) is 11.1 Å². The SMILES string of the molecule is Cc1ccc(F)cc1S(=O)(=O)Nc1nc(SCc2ccccc2)n[nH]1. The van der Waals surface area contributed by atoms with Crippen LogP contribution in [0.4, 0.5) is 10.3 Å². The minimum atomic E-state index is -3.95. The van der Waals surface area contributed by atoms with Gasteiger partial charge >= 0.3 is 0 Å². The molecule has 0 aliphatic heterocycles. The third-order valence-electron chi connectivity index (χ3n) is 3.35. The average Bonchev–Trinajstić information content (AvgIpc) is 3.03. The fourth-order valence-electron chi connectivity index (χ4n) is 2.12. The van der Waals surface area contributed by atoms with Gasteiger partial charge in [0, 0.05) is 5.75 Å². The summed E-state index contributed by atoms with van der Waals surface area (Å²) in [6, 6.07) is 13.4. The normalized spacial score (nSPS) is 11.4. The summed E-state index contributed by atoms with van der Waals surface area (Å²) in [5, 5.41) is 6.93. The lowest BCUT2D eigenvalue weighted by Crippen LogP contribution is -2.15. The number of hydrogen-bond donors (Lipinski definition) is 2. The predicted molar refractivity (Wildman–Crippen MR) is 94.3 cm³/mol. The minimum absolute atomic E-state index is 0.0146. The highest BCUT2D eigenvalue weighted by Gasteiger charge is 2.19. The van der Waals surface area contributed by atoms with Crippen LogP contribution in [0.5, 0.6) is 0 Å². The number of hydrogen-bond acceptors (Lipinski definition) is 5. The maximum atomic E-state index is 13.4. The second-order valence-corrected chi connectivity index (χ2v) is 7.85. The van der Waals surface area contributed by atoms with Crippen LogP contribution in [0, 0.1) is 12.7 Å². The van der Waals surface area contributed by atoms with Crippen LogP contribution < -0.4 is 4.72 Å². The summed E-state index contributed by atoms with van der Waals surface area (Å²) in [4.78, 5) is 3.96. The van der Waals surface area contributed by atoms with E-state index >= 15 is 0 Å². The monoisotopic (exact) mass is 378 g/mol. The Kier molecular flexibility index (Phi) is 5.05. The average molecular weight is 378 g/mol. The quantitative estimate of drug-likeness (QED) is 0.642. The van der Waals surface area contributed by atoms with Crippen LogP contribution in [0.3, 0.4) is 0 Å². The lowest BCUT2D eigenvalue weighted by Gasteiger charge is -2.07. The van der Waals surface area contributed by atoms with Gasteiger partial charge in [0.15, 0.2) is 0 Å². The lowest BCUT2D eigenvalue weighted by atomic mass is 10.2. The molecule has 0 unspecified atom stereocenters. The number of sulfonamides is 1. The number of H-pyrrole nitrogens is 1. The molecule has 2 N–H and O–H groups in total. The molecule has 0 aliphatic carbocycles. The Balaban J connectivity index is 1.71. The number of nitrogens with zero attached hydrogens (tertiary/aromatic N) is 2. The Labute approximate surface area is 148 Å². The molecule has 1 aromatic heterocycles. The Hall–Kier alpha value is -2.39. The number of rotatable bonds is 6. The summed E-state index contributed by atoms with van der Waals surface area (Å²) in [7, 11) is -3.95. The van der Waals surface area contributed by atoms with E-state index in [0.717, 1.165) is 11.6 Å². The van der Waals surface area contributed by atoms with Gasteiger partial charge in [-0.1, -0.05) is 48.2 Å². The Morgan fingerprint density at radius 2 is 1.96 bits per heavy atom. The zero-order valence-corrected chi connectivity index (χ0v) is 14.9. The number of halogens is 1. The summed E-state index contributed by atoms with van der Waals surface area (Å²) in [5.74, 6) is 0.0234. The van der Waals surface area contributed by atoms with E-state index in [1.54, 1.807) is 6.92 Å². The van der Waals surface area contributed by atoms with Gasteiger partial charge in [-0.25, -0.2) is 22.6 Å². The zero-order chi connectivity index (χ0) is 17.9. The van der Waals surface area contributed by atoms with Crippen LogP contribution in [0.2, 0.25) is 0 Å². The lowest BCUT2D eigenvalue weighted by molar-refractivity contribution is 0.594. The number of benzene rings is 2. The number of aryl methyl sites for hydroxylation is 1. The number of anilines is 1.